The molecular formula is C24H28O6. The molecule has 0 bridgehead atoms. The van der Waals surface area contributed by atoms with Crippen molar-refractivity contribution >= 4 is 17.9 Å². The minimum atomic E-state index is -1.20. The lowest BCUT2D eigenvalue weighted by Gasteiger charge is -2.20. The second-order valence-corrected chi connectivity index (χ2v) is 7.86. The molecule has 0 amide bonds. The van der Waals surface area contributed by atoms with Gasteiger partial charge in [-0.15, -0.1) is 0 Å². The minimum Gasteiger partial charge on any atom is -0.460 e. The van der Waals surface area contributed by atoms with E-state index < -0.39 is 29.4 Å². The third kappa shape index (κ3) is 8.47. The maximum Gasteiger partial charge on any atom is 0.320 e. The molecule has 2 aromatic rings. The number of hydrogen-bond donors (Lipinski definition) is 0. The lowest BCUT2D eigenvalue weighted by atomic mass is 10.0. The molecule has 0 N–H and O–H groups in total. The average molecular weight is 412 g/mol. The summed E-state index contributed by atoms with van der Waals surface area (Å²) in [6.45, 7) is 5.34. The SMILES string of the molecule is CC(C)(C)OC(=O)CCC(C(=O)OCc1ccccc1)C(=O)OCc1ccccc1. The van der Waals surface area contributed by atoms with Crippen molar-refractivity contribution in [2.24, 2.45) is 5.92 Å². The van der Waals surface area contributed by atoms with Crippen molar-refractivity contribution in [3.05, 3.63) is 71.8 Å². The Morgan fingerprint density at radius 2 is 1.20 bits per heavy atom. The van der Waals surface area contributed by atoms with Gasteiger partial charge in [-0.05, 0) is 38.3 Å². The quantitative estimate of drug-likeness (QED) is 0.349. The van der Waals surface area contributed by atoms with Crippen LogP contribution in [0.2, 0.25) is 0 Å². The van der Waals surface area contributed by atoms with Gasteiger partial charge < -0.3 is 14.2 Å². The molecule has 0 saturated carbocycles. The van der Waals surface area contributed by atoms with E-state index in [0.29, 0.717) is 0 Å². The first-order valence-electron chi connectivity index (χ1n) is 9.87. The number of ether oxygens (including phenoxy) is 3. The van der Waals surface area contributed by atoms with Crippen LogP contribution in [0.15, 0.2) is 60.7 Å². The highest BCUT2D eigenvalue weighted by Gasteiger charge is 2.31. The Bertz CT molecular complexity index is 768. The molecule has 0 aliphatic carbocycles. The number of hydrogen-bond acceptors (Lipinski definition) is 6. The highest BCUT2D eigenvalue weighted by molar-refractivity contribution is 5.95. The Morgan fingerprint density at radius 1 is 0.767 bits per heavy atom. The van der Waals surface area contributed by atoms with Gasteiger partial charge in [-0.1, -0.05) is 60.7 Å². The van der Waals surface area contributed by atoms with E-state index in [0.717, 1.165) is 11.1 Å². The average Bonchev–Trinajstić information content (AvgIpc) is 2.71. The summed E-state index contributed by atoms with van der Waals surface area (Å²) in [6.07, 6.45) is -0.140. The van der Waals surface area contributed by atoms with Crippen molar-refractivity contribution in [2.75, 3.05) is 0 Å². The summed E-state index contributed by atoms with van der Waals surface area (Å²) in [7, 11) is 0. The molecule has 6 nitrogen and oxygen atoms in total. The van der Waals surface area contributed by atoms with Crippen LogP contribution in [0.3, 0.4) is 0 Å². The molecule has 30 heavy (non-hydrogen) atoms. The Kier molecular flexibility index (Phi) is 8.59. The maximum absolute atomic E-state index is 12.6. The summed E-state index contributed by atoms with van der Waals surface area (Å²) in [5, 5.41) is 0. The first-order valence-corrected chi connectivity index (χ1v) is 9.87. The molecule has 0 aromatic heterocycles. The Labute approximate surface area is 177 Å². The van der Waals surface area contributed by atoms with E-state index in [-0.39, 0.29) is 26.1 Å². The monoisotopic (exact) mass is 412 g/mol. The molecule has 0 aliphatic rings. The second kappa shape index (κ2) is 11.1. The minimum absolute atomic E-state index is 0.0363. The lowest BCUT2D eigenvalue weighted by molar-refractivity contribution is -0.164. The fourth-order valence-corrected chi connectivity index (χ4v) is 2.65. The van der Waals surface area contributed by atoms with Crippen LogP contribution in [0.1, 0.15) is 44.7 Å². The van der Waals surface area contributed by atoms with Gasteiger partial charge in [0.2, 0.25) is 0 Å². The largest absolute Gasteiger partial charge is 0.460 e. The molecule has 0 atom stereocenters. The summed E-state index contributed by atoms with van der Waals surface area (Å²) in [5.41, 5.74) is 0.956. The topological polar surface area (TPSA) is 78.9 Å². The van der Waals surface area contributed by atoms with Crippen LogP contribution < -0.4 is 0 Å². The standard InChI is InChI=1S/C24H28O6/c1-24(2,3)30-21(25)15-14-20(22(26)28-16-18-10-6-4-7-11-18)23(27)29-17-19-12-8-5-9-13-19/h4-13,20H,14-17H2,1-3H3. The molecule has 0 aliphatic heterocycles. The van der Waals surface area contributed by atoms with Gasteiger partial charge in [-0.25, -0.2) is 0 Å². The Balaban J connectivity index is 1.99. The number of rotatable bonds is 9. The van der Waals surface area contributed by atoms with Crippen molar-refractivity contribution in [1.82, 2.24) is 0 Å². The van der Waals surface area contributed by atoms with E-state index in [1.165, 1.54) is 0 Å². The molecule has 0 saturated heterocycles. The Morgan fingerprint density at radius 3 is 1.60 bits per heavy atom. The molecule has 0 heterocycles. The van der Waals surface area contributed by atoms with E-state index in [4.69, 9.17) is 14.2 Å². The van der Waals surface area contributed by atoms with E-state index in [1.807, 2.05) is 60.7 Å². The highest BCUT2D eigenvalue weighted by Crippen LogP contribution is 2.17. The number of benzene rings is 2. The van der Waals surface area contributed by atoms with Crippen LogP contribution in [0, 0.1) is 5.92 Å². The normalized spacial score (nSPS) is 11.1. The molecule has 2 aromatic carbocycles. The van der Waals surface area contributed by atoms with Crippen molar-refractivity contribution in [2.45, 2.75) is 52.4 Å². The smallest absolute Gasteiger partial charge is 0.320 e. The maximum atomic E-state index is 12.6. The van der Waals surface area contributed by atoms with Gasteiger partial charge in [0.25, 0.3) is 0 Å². The van der Waals surface area contributed by atoms with E-state index in [1.54, 1.807) is 20.8 Å². The van der Waals surface area contributed by atoms with Gasteiger partial charge >= 0.3 is 17.9 Å². The predicted octanol–water partition coefficient (Wildman–Crippen LogP) is 4.21. The number of carbonyl (C=O) groups is 3. The van der Waals surface area contributed by atoms with Crippen LogP contribution in [-0.2, 0) is 41.8 Å². The number of esters is 3. The first kappa shape index (κ1) is 23.1. The van der Waals surface area contributed by atoms with E-state index in [2.05, 4.69) is 0 Å². The van der Waals surface area contributed by atoms with Crippen molar-refractivity contribution in [1.29, 1.82) is 0 Å². The molecule has 0 spiro atoms. The zero-order valence-electron chi connectivity index (χ0n) is 17.6. The van der Waals surface area contributed by atoms with Crippen LogP contribution in [-0.4, -0.2) is 23.5 Å². The summed E-state index contributed by atoms with van der Waals surface area (Å²) in [6, 6.07) is 18.3. The van der Waals surface area contributed by atoms with Gasteiger partial charge in [0.15, 0.2) is 5.92 Å². The molecule has 0 unspecified atom stereocenters. The molecule has 0 radical (unpaired) electrons. The fourth-order valence-electron chi connectivity index (χ4n) is 2.65. The van der Waals surface area contributed by atoms with Gasteiger partial charge in [0.1, 0.15) is 18.8 Å². The fraction of sp³-hybridized carbons (Fsp3) is 0.375. The zero-order valence-corrected chi connectivity index (χ0v) is 17.6. The van der Waals surface area contributed by atoms with Gasteiger partial charge in [-0.3, -0.25) is 14.4 Å². The van der Waals surface area contributed by atoms with E-state index in [9.17, 15) is 14.4 Å². The Hall–Kier alpha value is -3.15. The van der Waals surface area contributed by atoms with Gasteiger partial charge in [-0.2, -0.15) is 0 Å². The third-order valence-electron chi connectivity index (χ3n) is 4.07. The van der Waals surface area contributed by atoms with Crippen molar-refractivity contribution < 1.29 is 28.6 Å². The second-order valence-electron chi connectivity index (χ2n) is 7.86. The van der Waals surface area contributed by atoms with Crippen LogP contribution in [0.4, 0.5) is 0 Å². The van der Waals surface area contributed by atoms with Crippen LogP contribution in [0.25, 0.3) is 0 Å². The summed E-state index contributed by atoms with van der Waals surface area (Å²) in [5.74, 6) is -3.13. The summed E-state index contributed by atoms with van der Waals surface area (Å²) >= 11 is 0. The van der Waals surface area contributed by atoms with Crippen LogP contribution >= 0.6 is 0 Å². The van der Waals surface area contributed by atoms with Gasteiger partial charge in [0.05, 0.1) is 0 Å². The molecular weight excluding hydrogens is 384 g/mol. The highest BCUT2D eigenvalue weighted by atomic mass is 16.6. The molecule has 160 valence electrons. The van der Waals surface area contributed by atoms with Crippen LogP contribution in [0.5, 0.6) is 0 Å². The molecule has 6 heteroatoms. The molecule has 0 fully saturated rings. The molecule has 2 rings (SSSR count). The van der Waals surface area contributed by atoms with Crippen molar-refractivity contribution in [3.63, 3.8) is 0 Å². The van der Waals surface area contributed by atoms with Gasteiger partial charge in [0, 0.05) is 6.42 Å². The lowest BCUT2D eigenvalue weighted by Crippen LogP contribution is -2.30. The predicted molar refractivity (Wildman–Crippen MR) is 111 cm³/mol. The third-order valence-corrected chi connectivity index (χ3v) is 4.07. The zero-order chi connectivity index (χ0) is 22.0. The first-order chi connectivity index (χ1) is 14.2. The summed E-state index contributed by atoms with van der Waals surface area (Å²) < 4.78 is 15.9. The van der Waals surface area contributed by atoms with Crippen molar-refractivity contribution in [3.8, 4) is 0 Å². The number of carbonyl (C=O) groups excluding carboxylic acids is 3. The van der Waals surface area contributed by atoms with E-state index >= 15 is 0 Å². The summed E-state index contributed by atoms with van der Waals surface area (Å²) in [4.78, 5) is 37.2.